The van der Waals surface area contributed by atoms with E-state index in [9.17, 15) is 14.7 Å². The number of ether oxygens (including phenoxy) is 1. The zero-order valence-corrected chi connectivity index (χ0v) is 13.7. The molecule has 1 amide bonds. The van der Waals surface area contributed by atoms with E-state index in [1.54, 1.807) is 34.8 Å². The van der Waals surface area contributed by atoms with Crippen molar-refractivity contribution in [2.45, 2.75) is 46.1 Å². The fourth-order valence-electron chi connectivity index (χ4n) is 2.46. The van der Waals surface area contributed by atoms with Crippen LogP contribution in [0.4, 0.5) is 0 Å². The summed E-state index contributed by atoms with van der Waals surface area (Å²) in [5, 5.41) is 15.6. The second-order valence-corrected chi connectivity index (χ2v) is 6.97. The number of aliphatic carboxylic acids is 1. The van der Waals surface area contributed by atoms with Crippen molar-refractivity contribution < 1.29 is 19.4 Å². The van der Waals surface area contributed by atoms with Crippen molar-refractivity contribution in [3.8, 4) is 0 Å². The topological polar surface area (TPSA) is 87.7 Å². The zero-order chi connectivity index (χ0) is 16.3. The Labute approximate surface area is 126 Å². The first-order chi connectivity index (χ1) is 9.59. The number of piperidine rings is 1. The summed E-state index contributed by atoms with van der Waals surface area (Å²) in [6.07, 6.45) is 1.38. The van der Waals surface area contributed by atoms with Gasteiger partial charge in [-0.1, -0.05) is 0 Å². The minimum Gasteiger partial charge on any atom is -0.481 e. The van der Waals surface area contributed by atoms with E-state index in [-0.39, 0.29) is 5.91 Å². The van der Waals surface area contributed by atoms with E-state index in [4.69, 9.17) is 4.74 Å². The Morgan fingerprint density at radius 1 is 1.24 bits per heavy atom. The van der Waals surface area contributed by atoms with Crippen molar-refractivity contribution in [2.24, 2.45) is 10.8 Å². The van der Waals surface area contributed by atoms with Crippen LogP contribution in [0, 0.1) is 10.8 Å². The van der Waals surface area contributed by atoms with Gasteiger partial charge in [-0.15, -0.1) is 0 Å². The summed E-state index contributed by atoms with van der Waals surface area (Å²) in [5.41, 5.74) is -2.50. The van der Waals surface area contributed by atoms with Crippen LogP contribution in [0.1, 0.15) is 40.5 Å². The summed E-state index contributed by atoms with van der Waals surface area (Å²) >= 11 is 0. The van der Waals surface area contributed by atoms with Gasteiger partial charge in [-0.2, -0.15) is 0 Å². The van der Waals surface area contributed by atoms with Crippen molar-refractivity contribution in [3.63, 3.8) is 0 Å². The van der Waals surface area contributed by atoms with E-state index in [0.717, 1.165) is 13.1 Å². The second kappa shape index (κ2) is 6.32. The van der Waals surface area contributed by atoms with Crippen molar-refractivity contribution in [1.82, 2.24) is 10.6 Å². The molecule has 1 heterocycles. The molecule has 0 aromatic rings. The number of carbonyl (C=O) groups excluding carboxylic acids is 1. The quantitative estimate of drug-likeness (QED) is 0.681. The highest BCUT2D eigenvalue weighted by molar-refractivity contribution is 5.85. The Bertz CT molecular complexity index is 393. The predicted molar refractivity (Wildman–Crippen MR) is 80.1 cm³/mol. The molecule has 21 heavy (non-hydrogen) atoms. The van der Waals surface area contributed by atoms with Crippen LogP contribution in [0.3, 0.4) is 0 Å². The summed E-state index contributed by atoms with van der Waals surface area (Å²) in [4.78, 5) is 24.2. The molecule has 0 atom stereocenters. The van der Waals surface area contributed by atoms with Crippen LogP contribution >= 0.6 is 0 Å². The maximum Gasteiger partial charge on any atom is 0.311 e. The van der Waals surface area contributed by atoms with E-state index in [0.29, 0.717) is 19.4 Å². The lowest BCUT2D eigenvalue weighted by molar-refractivity contribution is -0.153. The third-order valence-electron chi connectivity index (χ3n) is 4.99. The smallest absolute Gasteiger partial charge is 0.311 e. The van der Waals surface area contributed by atoms with Gasteiger partial charge < -0.3 is 20.5 Å². The lowest BCUT2D eigenvalue weighted by Crippen LogP contribution is -2.61. The van der Waals surface area contributed by atoms with Crippen molar-refractivity contribution >= 4 is 11.9 Å². The molecule has 0 spiro atoms. The van der Waals surface area contributed by atoms with Crippen LogP contribution in [0.15, 0.2) is 0 Å². The zero-order valence-electron chi connectivity index (χ0n) is 13.7. The Balaban J connectivity index is 2.93. The van der Waals surface area contributed by atoms with Crippen LogP contribution in [0.2, 0.25) is 0 Å². The van der Waals surface area contributed by atoms with E-state index < -0.39 is 22.3 Å². The molecule has 1 aliphatic rings. The molecule has 1 fully saturated rings. The summed E-state index contributed by atoms with van der Waals surface area (Å²) in [7, 11) is 1.59. The summed E-state index contributed by atoms with van der Waals surface area (Å²) in [5.74, 6) is -1.05. The van der Waals surface area contributed by atoms with Crippen LogP contribution in [0.5, 0.6) is 0 Å². The molecule has 3 N–H and O–H groups in total. The maximum absolute atomic E-state index is 12.8. The molecule has 1 aliphatic heterocycles. The number of nitrogens with one attached hydrogen (secondary N) is 2. The number of hydrogen-bond donors (Lipinski definition) is 3. The Hall–Kier alpha value is -1.14. The molecule has 6 nitrogen and oxygen atoms in total. The fraction of sp³-hybridized carbons (Fsp3) is 0.867. The van der Waals surface area contributed by atoms with E-state index in [1.807, 2.05) is 0 Å². The van der Waals surface area contributed by atoms with E-state index >= 15 is 0 Å². The van der Waals surface area contributed by atoms with Gasteiger partial charge in [-0.3, -0.25) is 9.59 Å². The molecule has 0 aromatic carbocycles. The highest BCUT2D eigenvalue weighted by Crippen LogP contribution is 2.35. The van der Waals surface area contributed by atoms with Gasteiger partial charge in [-0.25, -0.2) is 0 Å². The lowest BCUT2D eigenvalue weighted by atomic mass is 9.72. The first-order valence-corrected chi connectivity index (χ1v) is 7.35. The fourth-order valence-corrected chi connectivity index (χ4v) is 2.46. The molecule has 122 valence electrons. The Morgan fingerprint density at radius 2 is 1.76 bits per heavy atom. The van der Waals surface area contributed by atoms with Gasteiger partial charge in [0.15, 0.2) is 0 Å². The minimum atomic E-state index is -1.07. The van der Waals surface area contributed by atoms with Crippen LogP contribution in [-0.4, -0.2) is 49.3 Å². The molecule has 0 saturated carbocycles. The number of carbonyl (C=O) groups is 2. The molecule has 0 radical (unpaired) electrons. The third kappa shape index (κ3) is 3.55. The number of hydrogen-bond acceptors (Lipinski definition) is 4. The molecule has 1 rings (SSSR count). The molecular formula is C15H28N2O4. The van der Waals surface area contributed by atoms with Gasteiger partial charge in [0.1, 0.15) is 0 Å². The average molecular weight is 300 g/mol. The molecule has 0 aromatic heterocycles. The number of amides is 1. The molecule has 1 saturated heterocycles. The number of methoxy groups -OCH3 is 1. The van der Waals surface area contributed by atoms with Crippen LogP contribution < -0.4 is 10.6 Å². The summed E-state index contributed by atoms with van der Waals surface area (Å²) < 4.78 is 5.25. The number of rotatable bonds is 6. The van der Waals surface area contributed by atoms with Crippen molar-refractivity contribution in [3.05, 3.63) is 0 Å². The molecular weight excluding hydrogens is 272 g/mol. The van der Waals surface area contributed by atoms with E-state index in [1.165, 1.54) is 0 Å². The number of carboxylic acid groups (broad SMARTS) is 1. The first-order valence-electron chi connectivity index (χ1n) is 7.35. The lowest BCUT2D eigenvalue weighted by Gasteiger charge is -2.43. The Morgan fingerprint density at radius 3 is 2.19 bits per heavy atom. The molecule has 0 unspecified atom stereocenters. The minimum absolute atomic E-state index is 0.120. The van der Waals surface area contributed by atoms with Gasteiger partial charge >= 0.3 is 5.97 Å². The Kier molecular flexibility index (Phi) is 5.39. The van der Waals surface area contributed by atoms with Crippen molar-refractivity contribution in [1.29, 1.82) is 0 Å². The summed E-state index contributed by atoms with van der Waals surface area (Å²) in [6, 6.07) is 0. The van der Waals surface area contributed by atoms with Crippen molar-refractivity contribution in [2.75, 3.05) is 26.8 Å². The van der Waals surface area contributed by atoms with Gasteiger partial charge in [0.25, 0.3) is 0 Å². The average Bonchev–Trinajstić information content (AvgIpc) is 2.39. The largest absolute Gasteiger partial charge is 0.481 e. The predicted octanol–water partition coefficient (Wildman–Crippen LogP) is 1.01. The van der Waals surface area contributed by atoms with Gasteiger partial charge in [0.05, 0.1) is 17.4 Å². The highest BCUT2D eigenvalue weighted by Gasteiger charge is 2.48. The standard InChI is InChI=1S/C15H28N2O4/c1-13(2,12(19)20)14(3,4)17-11(18)15(10-21-5)6-8-16-9-7-15/h16H,6-10H2,1-5H3,(H,17,18)(H,19,20). The maximum atomic E-state index is 12.8. The first kappa shape index (κ1) is 17.9. The van der Waals surface area contributed by atoms with Crippen LogP contribution in [-0.2, 0) is 14.3 Å². The monoisotopic (exact) mass is 300 g/mol. The van der Waals surface area contributed by atoms with Gasteiger partial charge in [0.2, 0.25) is 5.91 Å². The molecule has 0 aliphatic carbocycles. The van der Waals surface area contributed by atoms with Crippen LogP contribution in [0.25, 0.3) is 0 Å². The summed E-state index contributed by atoms with van der Waals surface area (Å²) in [6.45, 7) is 8.63. The number of carboxylic acids is 1. The molecule has 6 heteroatoms. The second-order valence-electron chi connectivity index (χ2n) is 6.97. The van der Waals surface area contributed by atoms with Gasteiger partial charge in [-0.05, 0) is 53.6 Å². The normalized spacial score (nSPS) is 19.1. The highest BCUT2D eigenvalue weighted by atomic mass is 16.5. The molecule has 0 bridgehead atoms. The van der Waals surface area contributed by atoms with Gasteiger partial charge in [0, 0.05) is 12.6 Å². The third-order valence-corrected chi connectivity index (χ3v) is 4.99. The SMILES string of the molecule is COCC1(C(=O)NC(C)(C)C(C)(C)C(=O)O)CCNCC1. The van der Waals surface area contributed by atoms with E-state index in [2.05, 4.69) is 10.6 Å².